The average molecular weight is 209 g/mol. The maximum absolute atomic E-state index is 5.46. The third-order valence-corrected chi connectivity index (χ3v) is 3.36. The van der Waals surface area contributed by atoms with Gasteiger partial charge < -0.3 is 5.73 Å². The van der Waals surface area contributed by atoms with Gasteiger partial charge in [0.05, 0.1) is 0 Å². The van der Waals surface area contributed by atoms with Crippen molar-refractivity contribution in [2.75, 3.05) is 12.3 Å². The van der Waals surface area contributed by atoms with Gasteiger partial charge in [-0.3, -0.25) is 0 Å². The first-order chi connectivity index (χ1) is 6.90. The molecule has 1 aliphatic heterocycles. The zero-order valence-corrected chi connectivity index (χ0v) is 9.02. The number of nitrogens with zero attached hydrogens (tertiary/aromatic N) is 2. The molecule has 76 valence electrons. The molecule has 0 atom stereocenters. The Kier molecular flexibility index (Phi) is 3.37. The summed E-state index contributed by atoms with van der Waals surface area (Å²) in [5.41, 5.74) is 8.03. The fourth-order valence-electron chi connectivity index (χ4n) is 1.55. The molecule has 0 amide bonds. The number of hydrogen-bond donors (Lipinski definition) is 1. The van der Waals surface area contributed by atoms with Crippen LogP contribution >= 0.6 is 11.8 Å². The summed E-state index contributed by atoms with van der Waals surface area (Å²) in [5, 5.41) is 0. The SMILES string of the molecule is NCCCc1ncc2c(n1)CCSC2. The van der Waals surface area contributed by atoms with Crippen LogP contribution in [0.25, 0.3) is 0 Å². The normalized spacial score (nSPS) is 15.2. The zero-order chi connectivity index (χ0) is 9.80. The quantitative estimate of drug-likeness (QED) is 0.811. The van der Waals surface area contributed by atoms with Crippen LogP contribution in [0.4, 0.5) is 0 Å². The molecule has 0 radical (unpaired) electrons. The van der Waals surface area contributed by atoms with Gasteiger partial charge in [0.25, 0.3) is 0 Å². The molecule has 0 aliphatic carbocycles. The van der Waals surface area contributed by atoms with Crippen LogP contribution in [0, 0.1) is 0 Å². The molecule has 0 unspecified atom stereocenters. The Morgan fingerprint density at radius 2 is 2.43 bits per heavy atom. The van der Waals surface area contributed by atoms with Gasteiger partial charge in [-0.15, -0.1) is 0 Å². The van der Waals surface area contributed by atoms with Crippen molar-refractivity contribution < 1.29 is 0 Å². The first kappa shape index (κ1) is 9.93. The Morgan fingerprint density at radius 3 is 3.29 bits per heavy atom. The lowest BCUT2D eigenvalue weighted by atomic mass is 10.2. The topological polar surface area (TPSA) is 51.8 Å². The van der Waals surface area contributed by atoms with Crippen molar-refractivity contribution in [1.29, 1.82) is 0 Å². The third kappa shape index (κ3) is 2.25. The van der Waals surface area contributed by atoms with Crippen LogP contribution in [-0.4, -0.2) is 22.3 Å². The lowest BCUT2D eigenvalue weighted by Crippen LogP contribution is -2.10. The second-order valence-electron chi connectivity index (χ2n) is 3.45. The summed E-state index contributed by atoms with van der Waals surface area (Å²) in [4.78, 5) is 8.92. The predicted molar refractivity (Wildman–Crippen MR) is 59.3 cm³/mol. The highest BCUT2D eigenvalue weighted by atomic mass is 32.2. The highest BCUT2D eigenvalue weighted by molar-refractivity contribution is 7.98. The highest BCUT2D eigenvalue weighted by Gasteiger charge is 2.11. The van der Waals surface area contributed by atoms with Gasteiger partial charge in [0.15, 0.2) is 0 Å². The molecule has 1 aromatic heterocycles. The van der Waals surface area contributed by atoms with Crippen molar-refractivity contribution in [1.82, 2.24) is 9.97 Å². The smallest absolute Gasteiger partial charge is 0.128 e. The molecule has 0 aromatic carbocycles. The summed E-state index contributed by atoms with van der Waals surface area (Å²) in [6.07, 6.45) is 4.98. The minimum Gasteiger partial charge on any atom is -0.330 e. The van der Waals surface area contributed by atoms with E-state index in [0.717, 1.165) is 37.4 Å². The van der Waals surface area contributed by atoms with Gasteiger partial charge in [0.1, 0.15) is 5.82 Å². The fraction of sp³-hybridized carbons (Fsp3) is 0.600. The summed E-state index contributed by atoms with van der Waals surface area (Å²) in [6.45, 7) is 0.719. The van der Waals surface area contributed by atoms with Gasteiger partial charge in [-0.2, -0.15) is 11.8 Å². The predicted octanol–water partition coefficient (Wildman–Crippen LogP) is 1.16. The van der Waals surface area contributed by atoms with Crippen LogP contribution in [0.2, 0.25) is 0 Å². The van der Waals surface area contributed by atoms with Crippen LogP contribution in [0.5, 0.6) is 0 Å². The Morgan fingerprint density at radius 1 is 1.50 bits per heavy atom. The number of thioether (sulfide) groups is 1. The van der Waals surface area contributed by atoms with Gasteiger partial charge in [0.2, 0.25) is 0 Å². The van der Waals surface area contributed by atoms with E-state index in [2.05, 4.69) is 9.97 Å². The summed E-state index contributed by atoms with van der Waals surface area (Å²) in [5.74, 6) is 3.23. The molecule has 4 heteroatoms. The summed E-state index contributed by atoms with van der Waals surface area (Å²) >= 11 is 1.96. The van der Waals surface area contributed by atoms with E-state index in [4.69, 9.17) is 5.73 Å². The molecule has 2 N–H and O–H groups in total. The van der Waals surface area contributed by atoms with Gasteiger partial charge in [-0.1, -0.05) is 0 Å². The molecule has 0 spiro atoms. The van der Waals surface area contributed by atoms with E-state index in [-0.39, 0.29) is 0 Å². The molecular weight excluding hydrogens is 194 g/mol. The Labute approximate surface area is 88.5 Å². The Balaban J connectivity index is 2.12. The van der Waals surface area contributed by atoms with Crippen molar-refractivity contribution in [3.8, 4) is 0 Å². The minimum absolute atomic E-state index is 0.719. The van der Waals surface area contributed by atoms with E-state index in [1.54, 1.807) is 0 Å². The van der Waals surface area contributed by atoms with E-state index in [1.165, 1.54) is 17.0 Å². The Hall–Kier alpha value is -0.610. The van der Waals surface area contributed by atoms with E-state index >= 15 is 0 Å². The number of fused-ring (bicyclic) bond motifs is 1. The summed E-state index contributed by atoms with van der Waals surface area (Å²) in [7, 11) is 0. The summed E-state index contributed by atoms with van der Waals surface area (Å²) in [6, 6.07) is 0. The number of hydrogen-bond acceptors (Lipinski definition) is 4. The molecule has 2 heterocycles. The number of rotatable bonds is 3. The van der Waals surface area contributed by atoms with Crippen molar-refractivity contribution in [3.05, 3.63) is 23.3 Å². The average Bonchev–Trinajstić information content (AvgIpc) is 2.26. The van der Waals surface area contributed by atoms with E-state index in [0.29, 0.717) is 0 Å². The molecule has 0 saturated carbocycles. The second-order valence-corrected chi connectivity index (χ2v) is 4.56. The van der Waals surface area contributed by atoms with Crippen LogP contribution in [0.3, 0.4) is 0 Å². The van der Waals surface area contributed by atoms with E-state index in [9.17, 15) is 0 Å². The second kappa shape index (κ2) is 4.75. The van der Waals surface area contributed by atoms with Gasteiger partial charge in [0, 0.05) is 29.6 Å². The fourth-order valence-corrected chi connectivity index (χ4v) is 2.50. The van der Waals surface area contributed by atoms with Gasteiger partial charge in [-0.05, 0) is 25.1 Å². The molecule has 2 rings (SSSR count). The maximum Gasteiger partial charge on any atom is 0.128 e. The number of aryl methyl sites for hydroxylation is 2. The van der Waals surface area contributed by atoms with Crippen molar-refractivity contribution in [2.24, 2.45) is 5.73 Å². The Bertz CT molecular complexity index is 314. The molecule has 1 aromatic rings. The van der Waals surface area contributed by atoms with E-state index in [1.807, 2.05) is 18.0 Å². The molecular formula is C10H15N3S. The standard InChI is InChI=1S/C10H15N3S/c11-4-1-2-10-12-6-8-7-14-5-3-9(8)13-10/h6H,1-5,7,11H2. The number of aromatic nitrogens is 2. The maximum atomic E-state index is 5.46. The zero-order valence-electron chi connectivity index (χ0n) is 8.20. The van der Waals surface area contributed by atoms with Crippen molar-refractivity contribution in [3.63, 3.8) is 0 Å². The largest absolute Gasteiger partial charge is 0.330 e. The minimum atomic E-state index is 0.719. The lowest BCUT2D eigenvalue weighted by Gasteiger charge is -2.14. The van der Waals surface area contributed by atoms with Crippen LogP contribution in [-0.2, 0) is 18.6 Å². The van der Waals surface area contributed by atoms with Gasteiger partial charge in [-0.25, -0.2) is 9.97 Å². The summed E-state index contributed by atoms with van der Waals surface area (Å²) < 4.78 is 0. The van der Waals surface area contributed by atoms with Crippen LogP contribution < -0.4 is 5.73 Å². The highest BCUT2D eigenvalue weighted by Crippen LogP contribution is 2.22. The lowest BCUT2D eigenvalue weighted by molar-refractivity contribution is 0.763. The molecule has 0 fully saturated rings. The van der Waals surface area contributed by atoms with Crippen LogP contribution in [0.15, 0.2) is 6.20 Å². The van der Waals surface area contributed by atoms with Gasteiger partial charge >= 0.3 is 0 Å². The van der Waals surface area contributed by atoms with Crippen molar-refractivity contribution >= 4 is 11.8 Å². The molecule has 0 saturated heterocycles. The molecule has 3 nitrogen and oxygen atoms in total. The first-order valence-electron chi connectivity index (χ1n) is 5.01. The third-order valence-electron chi connectivity index (χ3n) is 2.35. The van der Waals surface area contributed by atoms with E-state index < -0.39 is 0 Å². The molecule has 1 aliphatic rings. The molecule has 0 bridgehead atoms. The molecule has 14 heavy (non-hydrogen) atoms. The van der Waals surface area contributed by atoms with Crippen molar-refractivity contribution in [2.45, 2.75) is 25.0 Å². The first-order valence-corrected chi connectivity index (χ1v) is 6.17. The number of nitrogens with two attached hydrogens (primary N) is 1. The monoisotopic (exact) mass is 209 g/mol. The van der Waals surface area contributed by atoms with Crippen LogP contribution in [0.1, 0.15) is 23.5 Å².